The maximum Gasteiger partial charge on any atom is 0.364 e. The van der Waals surface area contributed by atoms with Gasteiger partial charge in [0.25, 0.3) is 0 Å². The number of nitrogens with zero attached hydrogens (tertiary/aromatic N) is 1. The van der Waals surface area contributed by atoms with Crippen LogP contribution in [0.15, 0.2) is 18.2 Å². The fourth-order valence-corrected chi connectivity index (χ4v) is 3.07. The summed E-state index contributed by atoms with van der Waals surface area (Å²) in [6, 6.07) is 5.27. The number of rotatable bonds is 4. The van der Waals surface area contributed by atoms with Crippen LogP contribution in [0.3, 0.4) is 0 Å². The summed E-state index contributed by atoms with van der Waals surface area (Å²) in [5.74, 6) is 0.106. The van der Waals surface area contributed by atoms with Crippen LogP contribution in [0.25, 0.3) is 0 Å². The highest BCUT2D eigenvalue weighted by Crippen LogP contribution is 2.31. The van der Waals surface area contributed by atoms with Crippen molar-refractivity contribution in [3.05, 3.63) is 43.7 Å². The van der Waals surface area contributed by atoms with Crippen molar-refractivity contribution in [2.24, 2.45) is 0 Å². The second-order valence-corrected chi connectivity index (χ2v) is 6.05. The van der Waals surface area contributed by atoms with Crippen molar-refractivity contribution < 1.29 is 9.53 Å². The predicted molar refractivity (Wildman–Crippen MR) is 86.4 cm³/mol. The van der Waals surface area contributed by atoms with Gasteiger partial charge >= 0.3 is 5.97 Å². The van der Waals surface area contributed by atoms with Crippen molar-refractivity contribution >= 4 is 40.2 Å². The molecule has 0 atom stereocenters. The number of aromatic nitrogens is 2. The Labute approximate surface area is 136 Å². The average Bonchev–Trinajstić information content (AvgIpc) is 2.80. The Morgan fingerprint density at radius 1 is 1.45 bits per heavy atom. The molecule has 0 amide bonds. The van der Waals surface area contributed by atoms with E-state index in [1.165, 1.54) is 0 Å². The standard InChI is InChI=1S/C14H14ClIN2O2/c1-3-4-9-6-10(15)7-11(16)13(9)20-14(19)12-5-8(2)17-18-12/h5-7H,3-4H2,1-2H3,(H,17,18). The topological polar surface area (TPSA) is 55.0 Å². The molecule has 106 valence electrons. The van der Waals surface area contributed by atoms with Gasteiger partial charge in [-0.25, -0.2) is 4.79 Å². The van der Waals surface area contributed by atoms with Crippen LogP contribution in [0.4, 0.5) is 0 Å². The van der Waals surface area contributed by atoms with Gasteiger partial charge in [0, 0.05) is 10.7 Å². The molecule has 1 aromatic carbocycles. The van der Waals surface area contributed by atoms with E-state index in [0.717, 1.165) is 27.7 Å². The van der Waals surface area contributed by atoms with Crippen molar-refractivity contribution in [2.75, 3.05) is 0 Å². The lowest BCUT2D eigenvalue weighted by Gasteiger charge is -2.11. The van der Waals surface area contributed by atoms with E-state index in [9.17, 15) is 4.79 Å². The smallest absolute Gasteiger partial charge is 0.364 e. The molecule has 4 nitrogen and oxygen atoms in total. The lowest BCUT2D eigenvalue weighted by molar-refractivity contribution is 0.0725. The van der Waals surface area contributed by atoms with E-state index in [1.54, 1.807) is 12.1 Å². The van der Waals surface area contributed by atoms with Crippen LogP contribution in [0.1, 0.15) is 35.1 Å². The number of carbonyl (C=O) groups is 1. The SMILES string of the molecule is CCCc1cc(Cl)cc(I)c1OC(=O)c1cc(C)[nH]n1. The molecular formula is C14H14ClIN2O2. The molecule has 0 aliphatic rings. The number of esters is 1. The van der Waals surface area contributed by atoms with Gasteiger partial charge in [-0.1, -0.05) is 24.9 Å². The number of ether oxygens (including phenoxy) is 1. The fourth-order valence-electron chi connectivity index (χ4n) is 1.85. The van der Waals surface area contributed by atoms with Crippen molar-refractivity contribution in [1.82, 2.24) is 10.2 Å². The number of benzene rings is 1. The molecule has 0 saturated heterocycles. The van der Waals surface area contributed by atoms with Gasteiger partial charge in [0.05, 0.1) is 3.57 Å². The number of aryl methyl sites for hydroxylation is 2. The minimum Gasteiger partial charge on any atom is -0.420 e. The number of hydrogen-bond acceptors (Lipinski definition) is 3. The van der Waals surface area contributed by atoms with Crippen molar-refractivity contribution in [3.8, 4) is 5.75 Å². The Kier molecular flexibility index (Phi) is 5.04. The molecule has 1 N–H and O–H groups in total. The minimum atomic E-state index is -0.466. The Balaban J connectivity index is 2.30. The Hall–Kier alpha value is -1.08. The molecule has 0 bridgehead atoms. The van der Waals surface area contributed by atoms with E-state index in [2.05, 4.69) is 39.7 Å². The highest BCUT2D eigenvalue weighted by molar-refractivity contribution is 14.1. The molecular weight excluding hydrogens is 391 g/mol. The molecule has 1 aromatic heterocycles. The van der Waals surface area contributed by atoms with Gasteiger partial charge in [0.2, 0.25) is 0 Å². The summed E-state index contributed by atoms with van der Waals surface area (Å²) in [4.78, 5) is 12.1. The van der Waals surface area contributed by atoms with Crippen LogP contribution in [0.5, 0.6) is 5.75 Å². The lowest BCUT2D eigenvalue weighted by Crippen LogP contribution is -2.11. The fraction of sp³-hybridized carbons (Fsp3) is 0.286. The third-order valence-electron chi connectivity index (χ3n) is 2.71. The molecule has 0 fully saturated rings. The first-order valence-electron chi connectivity index (χ1n) is 6.23. The molecule has 0 unspecified atom stereocenters. The zero-order valence-electron chi connectivity index (χ0n) is 11.2. The van der Waals surface area contributed by atoms with Crippen LogP contribution in [0.2, 0.25) is 5.02 Å². The first kappa shape index (κ1) is 15.3. The van der Waals surface area contributed by atoms with Crippen LogP contribution in [0, 0.1) is 10.5 Å². The second kappa shape index (κ2) is 6.58. The van der Waals surface area contributed by atoms with Crippen LogP contribution in [-0.2, 0) is 6.42 Å². The maximum atomic E-state index is 12.1. The first-order chi connectivity index (χ1) is 9.51. The summed E-state index contributed by atoms with van der Waals surface area (Å²) >= 11 is 8.17. The van der Waals surface area contributed by atoms with E-state index >= 15 is 0 Å². The molecule has 0 spiro atoms. The third kappa shape index (κ3) is 3.52. The van der Waals surface area contributed by atoms with Gasteiger partial charge < -0.3 is 4.74 Å². The molecule has 2 rings (SSSR count). The third-order valence-corrected chi connectivity index (χ3v) is 3.73. The average molecular weight is 405 g/mol. The number of carbonyl (C=O) groups excluding carboxylic acids is 1. The van der Waals surface area contributed by atoms with Crippen LogP contribution >= 0.6 is 34.2 Å². The summed E-state index contributed by atoms with van der Waals surface area (Å²) in [6.07, 6.45) is 1.75. The normalized spacial score (nSPS) is 10.6. The summed E-state index contributed by atoms with van der Waals surface area (Å²) in [7, 11) is 0. The van der Waals surface area contributed by atoms with Gasteiger partial charge in [-0.3, -0.25) is 5.10 Å². The first-order valence-corrected chi connectivity index (χ1v) is 7.69. The lowest BCUT2D eigenvalue weighted by atomic mass is 10.1. The Morgan fingerprint density at radius 3 is 2.80 bits per heavy atom. The van der Waals surface area contributed by atoms with Gasteiger partial charge in [0.1, 0.15) is 5.75 Å². The number of aromatic amines is 1. The number of nitrogens with one attached hydrogen (secondary N) is 1. The van der Waals surface area contributed by atoms with E-state index in [-0.39, 0.29) is 5.69 Å². The summed E-state index contributed by atoms with van der Waals surface area (Å²) < 4.78 is 6.31. The summed E-state index contributed by atoms with van der Waals surface area (Å²) in [5, 5.41) is 7.28. The Morgan fingerprint density at radius 2 is 2.20 bits per heavy atom. The van der Waals surface area contributed by atoms with Crippen LogP contribution in [-0.4, -0.2) is 16.2 Å². The van der Waals surface area contributed by atoms with E-state index < -0.39 is 5.97 Å². The van der Waals surface area contributed by atoms with E-state index in [0.29, 0.717) is 10.8 Å². The van der Waals surface area contributed by atoms with Crippen LogP contribution < -0.4 is 4.74 Å². The predicted octanol–water partition coefficient (Wildman–Crippen LogP) is 4.15. The number of hydrogen-bond donors (Lipinski definition) is 1. The van der Waals surface area contributed by atoms with Gasteiger partial charge in [-0.15, -0.1) is 0 Å². The number of halogens is 2. The molecule has 6 heteroatoms. The minimum absolute atomic E-state index is 0.274. The van der Waals surface area contributed by atoms with Gasteiger partial charge in [-0.2, -0.15) is 5.10 Å². The molecule has 0 saturated carbocycles. The second-order valence-electron chi connectivity index (χ2n) is 4.45. The molecule has 0 aliphatic carbocycles. The zero-order chi connectivity index (χ0) is 14.7. The van der Waals surface area contributed by atoms with Crippen molar-refractivity contribution in [1.29, 1.82) is 0 Å². The maximum absolute atomic E-state index is 12.1. The largest absolute Gasteiger partial charge is 0.420 e. The molecule has 0 radical (unpaired) electrons. The highest BCUT2D eigenvalue weighted by Gasteiger charge is 2.17. The van der Waals surface area contributed by atoms with E-state index in [4.69, 9.17) is 16.3 Å². The van der Waals surface area contributed by atoms with Gasteiger partial charge in [-0.05, 0) is 59.7 Å². The monoisotopic (exact) mass is 404 g/mol. The highest BCUT2D eigenvalue weighted by atomic mass is 127. The zero-order valence-corrected chi connectivity index (χ0v) is 14.1. The Bertz CT molecular complexity index is 640. The molecule has 0 aliphatic heterocycles. The molecule has 20 heavy (non-hydrogen) atoms. The van der Waals surface area contributed by atoms with Gasteiger partial charge in [0.15, 0.2) is 5.69 Å². The van der Waals surface area contributed by atoms with Crippen molar-refractivity contribution in [3.63, 3.8) is 0 Å². The summed E-state index contributed by atoms with van der Waals surface area (Å²) in [6.45, 7) is 3.90. The number of H-pyrrole nitrogens is 1. The molecule has 2 aromatic rings. The molecule has 1 heterocycles. The quantitative estimate of drug-likeness (QED) is 0.473. The van der Waals surface area contributed by atoms with Crippen molar-refractivity contribution in [2.45, 2.75) is 26.7 Å². The summed E-state index contributed by atoms with van der Waals surface area (Å²) in [5.41, 5.74) is 2.03. The van der Waals surface area contributed by atoms with E-state index in [1.807, 2.05) is 13.0 Å².